The molecule has 4 nitrogen and oxygen atoms in total. The van der Waals surface area contributed by atoms with Crippen LogP contribution in [-0.2, 0) is 4.79 Å². The van der Waals surface area contributed by atoms with Crippen molar-refractivity contribution in [3.63, 3.8) is 0 Å². The highest BCUT2D eigenvalue weighted by atomic mass is 16.2. The number of piperazine rings is 1. The maximum absolute atomic E-state index is 11.7. The second-order valence-corrected chi connectivity index (χ2v) is 4.14. The molecule has 1 aliphatic heterocycles. The van der Waals surface area contributed by atoms with Crippen molar-refractivity contribution in [3.8, 4) is 6.07 Å². The molecule has 0 bridgehead atoms. The zero-order chi connectivity index (χ0) is 11.3. The first-order valence-electron chi connectivity index (χ1n) is 5.60. The third-order valence-corrected chi connectivity index (χ3v) is 2.72. The zero-order valence-electron chi connectivity index (χ0n) is 9.49. The summed E-state index contributed by atoms with van der Waals surface area (Å²) in [7, 11) is 0. The van der Waals surface area contributed by atoms with E-state index in [1.54, 1.807) is 0 Å². The lowest BCUT2D eigenvalue weighted by Crippen LogP contribution is -2.59. The molecule has 1 rings (SSSR count). The Morgan fingerprint density at radius 1 is 1.67 bits per heavy atom. The molecule has 2 atom stereocenters. The highest BCUT2D eigenvalue weighted by Crippen LogP contribution is 2.12. The Hall–Kier alpha value is -1.08. The summed E-state index contributed by atoms with van der Waals surface area (Å²) >= 11 is 0. The van der Waals surface area contributed by atoms with Crippen molar-refractivity contribution in [2.45, 2.75) is 45.2 Å². The van der Waals surface area contributed by atoms with E-state index >= 15 is 0 Å². The van der Waals surface area contributed by atoms with Crippen molar-refractivity contribution in [2.24, 2.45) is 0 Å². The third-order valence-electron chi connectivity index (χ3n) is 2.72. The van der Waals surface area contributed by atoms with Crippen molar-refractivity contribution in [1.29, 1.82) is 5.26 Å². The number of rotatable bonds is 4. The Morgan fingerprint density at radius 2 is 2.40 bits per heavy atom. The van der Waals surface area contributed by atoms with E-state index in [4.69, 9.17) is 5.26 Å². The molecular weight excluding hydrogens is 190 g/mol. The predicted octanol–water partition coefficient (Wildman–Crippen LogP) is 0.889. The fourth-order valence-corrected chi connectivity index (χ4v) is 1.95. The van der Waals surface area contributed by atoms with Crippen LogP contribution in [0.15, 0.2) is 0 Å². The maximum Gasteiger partial charge on any atom is 0.238 e. The molecule has 0 radical (unpaired) electrons. The van der Waals surface area contributed by atoms with E-state index in [9.17, 15) is 4.79 Å². The lowest BCUT2D eigenvalue weighted by molar-refractivity contribution is -0.130. The van der Waals surface area contributed by atoms with Gasteiger partial charge in [0.05, 0.1) is 12.5 Å². The molecule has 84 valence electrons. The number of amides is 1. The molecule has 0 aromatic rings. The second kappa shape index (κ2) is 5.72. The van der Waals surface area contributed by atoms with E-state index in [0.717, 1.165) is 25.9 Å². The zero-order valence-corrected chi connectivity index (χ0v) is 9.49. The van der Waals surface area contributed by atoms with E-state index in [-0.39, 0.29) is 18.0 Å². The van der Waals surface area contributed by atoms with Crippen molar-refractivity contribution in [2.75, 3.05) is 13.1 Å². The van der Waals surface area contributed by atoms with E-state index in [2.05, 4.69) is 23.2 Å². The monoisotopic (exact) mass is 209 g/mol. The molecule has 0 aromatic carbocycles. The molecule has 15 heavy (non-hydrogen) atoms. The Kier molecular flexibility index (Phi) is 4.57. The number of unbranched alkanes of at least 4 members (excludes halogenated alkanes) is 1. The van der Waals surface area contributed by atoms with E-state index in [1.165, 1.54) is 0 Å². The summed E-state index contributed by atoms with van der Waals surface area (Å²) in [5.74, 6) is 0.00593. The Morgan fingerprint density at radius 3 is 3.00 bits per heavy atom. The van der Waals surface area contributed by atoms with Gasteiger partial charge in [-0.15, -0.1) is 0 Å². The van der Waals surface area contributed by atoms with Crippen LogP contribution in [-0.4, -0.2) is 36.0 Å². The molecule has 0 aromatic heterocycles. The molecule has 2 unspecified atom stereocenters. The molecule has 1 aliphatic rings. The number of carbonyl (C=O) groups excluding carboxylic acids is 1. The van der Waals surface area contributed by atoms with Gasteiger partial charge in [0.15, 0.2) is 0 Å². The average molecular weight is 209 g/mol. The first kappa shape index (κ1) is 12.0. The van der Waals surface area contributed by atoms with Gasteiger partial charge in [-0.3, -0.25) is 9.69 Å². The first-order chi connectivity index (χ1) is 7.19. The van der Waals surface area contributed by atoms with Crippen LogP contribution in [0.25, 0.3) is 0 Å². The molecular formula is C11H19N3O. The summed E-state index contributed by atoms with van der Waals surface area (Å²) in [6.07, 6.45) is 2.50. The summed E-state index contributed by atoms with van der Waals surface area (Å²) in [5.41, 5.74) is 0. The van der Waals surface area contributed by atoms with Crippen molar-refractivity contribution in [1.82, 2.24) is 10.2 Å². The van der Waals surface area contributed by atoms with Gasteiger partial charge >= 0.3 is 0 Å². The van der Waals surface area contributed by atoms with Crippen LogP contribution in [0.1, 0.15) is 33.1 Å². The number of hydrogen-bond acceptors (Lipinski definition) is 3. The van der Waals surface area contributed by atoms with Gasteiger partial charge in [-0.2, -0.15) is 5.26 Å². The van der Waals surface area contributed by atoms with Gasteiger partial charge in [-0.25, -0.2) is 0 Å². The fourth-order valence-electron chi connectivity index (χ4n) is 1.95. The molecule has 1 saturated heterocycles. The highest BCUT2D eigenvalue weighted by Gasteiger charge is 2.31. The Labute approximate surface area is 91.2 Å². The van der Waals surface area contributed by atoms with Crippen LogP contribution in [0.4, 0.5) is 0 Å². The minimum Gasteiger partial charge on any atom is -0.351 e. The fraction of sp³-hybridized carbons (Fsp3) is 0.818. The number of nitrogens with one attached hydrogen (secondary N) is 1. The van der Waals surface area contributed by atoms with Crippen LogP contribution in [0.3, 0.4) is 0 Å². The predicted molar refractivity (Wildman–Crippen MR) is 58.1 cm³/mol. The van der Waals surface area contributed by atoms with E-state index in [0.29, 0.717) is 6.42 Å². The largest absolute Gasteiger partial charge is 0.351 e. The lowest BCUT2D eigenvalue weighted by atomic mass is 10.1. The van der Waals surface area contributed by atoms with Gasteiger partial charge in [-0.05, 0) is 19.9 Å². The SMILES string of the molecule is CCCCN1CC(C)NC(=O)C1CC#N. The Balaban J connectivity index is 2.60. The van der Waals surface area contributed by atoms with Crippen LogP contribution < -0.4 is 5.32 Å². The van der Waals surface area contributed by atoms with Gasteiger partial charge < -0.3 is 5.32 Å². The molecule has 1 fully saturated rings. The topological polar surface area (TPSA) is 56.1 Å². The van der Waals surface area contributed by atoms with E-state index < -0.39 is 0 Å². The van der Waals surface area contributed by atoms with Gasteiger partial charge in [0.2, 0.25) is 5.91 Å². The number of carbonyl (C=O) groups is 1. The second-order valence-electron chi connectivity index (χ2n) is 4.14. The van der Waals surface area contributed by atoms with E-state index in [1.807, 2.05) is 6.92 Å². The summed E-state index contributed by atoms with van der Waals surface area (Å²) in [5, 5.41) is 11.6. The number of hydrogen-bond donors (Lipinski definition) is 1. The summed E-state index contributed by atoms with van der Waals surface area (Å²) in [6, 6.07) is 2.05. The molecule has 0 spiro atoms. The molecule has 0 aliphatic carbocycles. The normalized spacial score (nSPS) is 27.1. The van der Waals surface area contributed by atoms with Gasteiger partial charge in [0, 0.05) is 12.6 Å². The minimum atomic E-state index is -0.238. The lowest BCUT2D eigenvalue weighted by Gasteiger charge is -2.37. The van der Waals surface area contributed by atoms with Crippen molar-refractivity contribution >= 4 is 5.91 Å². The highest BCUT2D eigenvalue weighted by molar-refractivity contribution is 5.83. The van der Waals surface area contributed by atoms with Crippen LogP contribution in [0, 0.1) is 11.3 Å². The first-order valence-corrected chi connectivity index (χ1v) is 5.60. The van der Waals surface area contributed by atoms with Gasteiger partial charge in [-0.1, -0.05) is 13.3 Å². The summed E-state index contributed by atoms with van der Waals surface area (Å²) < 4.78 is 0. The third kappa shape index (κ3) is 3.21. The summed E-state index contributed by atoms with van der Waals surface area (Å²) in [4.78, 5) is 13.8. The maximum atomic E-state index is 11.7. The van der Waals surface area contributed by atoms with Crippen LogP contribution in [0.5, 0.6) is 0 Å². The number of nitrogens with zero attached hydrogens (tertiary/aromatic N) is 2. The molecule has 1 amide bonds. The smallest absolute Gasteiger partial charge is 0.238 e. The van der Waals surface area contributed by atoms with Crippen LogP contribution >= 0.6 is 0 Å². The molecule has 0 saturated carbocycles. The number of nitriles is 1. The average Bonchev–Trinajstić information content (AvgIpc) is 2.19. The van der Waals surface area contributed by atoms with Crippen LogP contribution in [0.2, 0.25) is 0 Å². The minimum absolute atomic E-state index is 0.00593. The Bertz CT molecular complexity index is 259. The van der Waals surface area contributed by atoms with Crippen molar-refractivity contribution in [3.05, 3.63) is 0 Å². The molecule has 1 heterocycles. The standard InChI is InChI=1S/C11H19N3O/c1-3-4-7-14-8-9(2)13-11(15)10(14)5-6-12/h9-10H,3-5,7-8H2,1-2H3,(H,13,15). The molecule has 4 heteroatoms. The van der Waals surface area contributed by atoms with Gasteiger partial charge in [0.1, 0.15) is 6.04 Å². The van der Waals surface area contributed by atoms with Crippen molar-refractivity contribution < 1.29 is 4.79 Å². The summed E-state index contributed by atoms with van der Waals surface area (Å²) in [6.45, 7) is 5.91. The van der Waals surface area contributed by atoms with Gasteiger partial charge in [0.25, 0.3) is 0 Å². The quantitative estimate of drug-likeness (QED) is 0.748. The molecule has 1 N–H and O–H groups in total.